The molecule has 25 heavy (non-hydrogen) atoms. The van der Waals surface area contributed by atoms with Crippen molar-refractivity contribution in [2.45, 2.75) is 0 Å². The largest absolute Gasteiger partial charge is 0.287 e. The first-order valence-corrected chi connectivity index (χ1v) is 7.08. The number of benzene rings is 1. The number of amides is 3. The quantitative estimate of drug-likeness (QED) is 0.465. The number of rotatable bonds is 5. The van der Waals surface area contributed by atoms with Crippen molar-refractivity contribution in [1.29, 1.82) is 0 Å². The van der Waals surface area contributed by atoms with Gasteiger partial charge in [-0.15, -0.1) is 0 Å². The fraction of sp³-hybridized carbons (Fsp3) is 0.0667. The van der Waals surface area contributed by atoms with Crippen LogP contribution in [0.25, 0.3) is 0 Å². The molecule has 0 aliphatic carbocycles. The van der Waals surface area contributed by atoms with E-state index >= 15 is 0 Å². The minimum atomic E-state index is -0.644. The van der Waals surface area contributed by atoms with Gasteiger partial charge in [-0.25, -0.2) is 4.98 Å². The molecule has 126 valence electrons. The van der Waals surface area contributed by atoms with Gasteiger partial charge in [0.25, 0.3) is 23.4 Å². The number of pyridine rings is 1. The summed E-state index contributed by atoms with van der Waals surface area (Å²) in [7, 11) is 0. The molecule has 1 aromatic heterocycles. The van der Waals surface area contributed by atoms with Crippen LogP contribution in [0.1, 0.15) is 20.7 Å². The SMILES string of the molecule is O=C(CN1C(=O)c2ccccc2C1=O)NNc1ccc([N+](=O)[O-])cn1. The third kappa shape index (κ3) is 3.13. The van der Waals surface area contributed by atoms with E-state index in [9.17, 15) is 24.5 Å². The van der Waals surface area contributed by atoms with E-state index in [1.807, 2.05) is 0 Å². The van der Waals surface area contributed by atoms with Crippen LogP contribution in [0, 0.1) is 10.1 Å². The predicted molar refractivity (Wildman–Crippen MR) is 84.5 cm³/mol. The monoisotopic (exact) mass is 341 g/mol. The summed E-state index contributed by atoms with van der Waals surface area (Å²) in [6.45, 7) is -0.466. The molecule has 0 saturated carbocycles. The van der Waals surface area contributed by atoms with E-state index in [0.717, 1.165) is 11.1 Å². The van der Waals surface area contributed by atoms with Crippen molar-refractivity contribution >= 4 is 29.2 Å². The Kier molecular flexibility index (Phi) is 4.08. The Bertz CT molecular complexity index is 845. The summed E-state index contributed by atoms with van der Waals surface area (Å²) in [6, 6.07) is 8.83. The average Bonchev–Trinajstić information content (AvgIpc) is 2.86. The molecule has 0 radical (unpaired) electrons. The van der Waals surface area contributed by atoms with E-state index in [2.05, 4.69) is 15.8 Å². The average molecular weight is 341 g/mol. The predicted octanol–water partition coefficient (Wildman–Crippen LogP) is 0.729. The minimum Gasteiger partial charge on any atom is -0.282 e. The molecule has 10 heteroatoms. The molecule has 2 aromatic rings. The van der Waals surface area contributed by atoms with Gasteiger partial charge in [0, 0.05) is 6.07 Å². The summed E-state index contributed by atoms with van der Waals surface area (Å²) in [5, 5.41) is 10.5. The fourth-order valence-electron chi connectivity index (χ4n) is 2.27. The number of carbonyl (C=O) groups is 3. The minimum absolute atomic E-state index is 0.168. The Labute approximate surface area is 140 Å². The molecule has 0 unspecified atom stereocenters. The normalized spacial score (nSPS) is 12.7. The summed E-state index contributed by atoms with van der Waals surface area (Å²) < 4.78 is 0. The number of nitro groups is 1. The number of hydrogen-bond donors (Lipinski definition) is 2. The lowest BCUT2D eigenvalue weighted by Crippen LogP contribution is -2.42. The zero-order valence-electron chi connectivity index (χ0n) is 12.6. The lowest BCUT2D eigenvalue weighted by molar-refractivity contribution is -0.385. The highest BCUT2D eigenvalue weighted by Crippen LogP contribution is 2.21. The summed E-state index contributed by atoms with van der Waals surface area (Å²) in [6.07, 6.45) is 1.03. The second-order valence-electron chi connectivity index (χ2n) is 5.07. The van der Waals surface area contributed by atoms with Crippen LogP contribution in [0.2, 0.25) is 0 Å². The first-order chi connectivity index (χ1) is 12.0. The molecular formula is C15H11N5O5. The van der Waals surface area contributed by atoms with Crippen molar-refractivity contribution in [3.05, 3.63) is 63.8 Å². The van der Waals surface area contributed by atoms with E-state index < -0.39 is 29.2 Å². The van der Waals surface area contributed by atoms with Crippen molar-refractivity contribution in [3.63, 3.8) is 0 Å². The summed E-state index contributed by atoms with van der Waals surface area (Å²) in [5.74, 6) is -1.55. The molecular weight excluding hydrogens is 330 g/mol. The highest BCUT2D eigenvalue weighted by Gasteiger charge is 2.36. The molecule has 0 bridgehead atoms. The standard InChI is InChI=1S/C15H11N5O5/c21-13(18-17-12-6-5-9(7-16-12)20(24)25)8-19-14(22)10-3-1-2-4-11(10)15(19)23/h1-7H,8H2,(H,16,17)(H,18,21). The molecule has 1 aliphatic heterocycles. The van der Waals surface area contributed by atoms with E-state index in [4.69, 9.17) is 0 Å². The van der Waals surface area contributed by atoms with Crippen molar-refractivity contribution in [3.8, 4) is 0 Å². The van der Waals surface area contributed by atoms with E-state index in [1.165, 1.54) is 24.3 Å². The topological polar surface area (TPSA) is 135 Å². The van der Waals surface area contributed by atoms with Gasteiger partial charge in [-0.2, -0.15) is 0 Å². The highest BCUT2D eigenvalue weighted by atomic mass is 16.6. The first kappa shape index (κ1) is 16.1. The van der Waals surface area contributed by atoms with Crippen LogP contribution in [0.3, 0.4) is 0 Å². The van der Waals surface area contributed by atoms with Crippen molar-refractivity contribution in [1.82, 2.24) is 15.3 Å². The number of aromatic nitrogens is 1. The molecule has 2 heterocycles. The number of anilines is 1. The van der Waals surface area contributed by atoms with E-state index in [-0.39, 0.29) is 22.6 Å². The highest BCUT2D eigenvalue weighted by molar-refractivity contribution is 6.22. The van der Waals surface area contributed by atoms with Gasteiger partial charge in [-0.3, -0.25) is 40.2 Å². The maximum atomic E-state index is 12.1. The Morgan fingerprint density at radius 1 is 1.12 bits per heavy atom. The van der Waals surface area contributed by atoms with Crippen molar-refractivity contribution in [2.75, 3.05) is 12.0 Å². The molecule has 3 amide bonds. The maximum Gasteiger partial charge on any atom is 0.287 e. The number of hydrogen-bond acceptors (Lipinski definition) is 7. The summed E-state index contributed by atoms with van der Waals surface area (Å²) >= 11 is 0. The van der Waals surface area contributed by atoms with Gasteiger partial charge >= 0.3 is 0 Å². The molecule has 0 saturated heterocycles. The van der Waals surface area contributed by atoms with Gasteiger partial charge < -0.3 is 0 Å². The lowest BCUT2D eigenvalue weighted by atomic mass is 10.1. The van der Waals surface area contributed by atoms with Crippen LogP contribution in [0.5, 0.6) is 0 Å². The molecule has 0 spiro atoms. The molecule has 2 N–H and O–H groups in total. The molecule has 0 atom stereocenters. The Morgan fingerprint density at radius 2 is 1.76 bits per heavy atom. The van der Waals surface area contributed by atoms with Gasteiger partial charge in [-0.05, 0) is 18.2 Å². The van der Waals surface area contributed by atoms with Gasteiger partial charge in [0.2, 0.25) is 0 Å². The van der Waals surface area contributed by atoms with Crippen LogP contribution < -0.4 is 10.9 Å². The zero-order chi connectivity index (χ0) is 18.0. The third-order valence-electron chi connectivity index (χ3n) is 3.47. The van der Waals surface area contributed by atoms with Crippen molar-refractivity contribution < 1.29 is 19.3 Å². The van der Waals surface area contributed by atoms with Gasteiger partial charge in [0.1, 0.15) is 18.6 Å². The van der Waals surface area contributed by atoms with E-state index in [0.29, 0.717) is 0 Å². The Hall–Kier alpha value is -3.82. The van der Waals surface area contributed by atoms with Crippen LogP contribution in [0.15, 0.2) is 42.6 Å². The van der Waals surface area contributed by atoms with Gasteiger partial charge in [0.15, 0.2) is 0 Å². The third-order valence-corrected chi connectivity index (χ3v) is 3.47. The fourth-order valence-corrected chi connectivity index (χ4v) is 2.27. The molecule has 1 aliphatic rings. The van der Waals surface area contributed by atoms with E-state index in [1.54, 1.807) is 12.1 Å². The number of imide groups is 1. The van der Waals surface area contributed by atoms with Crippen LogP contribution >= 0.6 is 0 Å². The number of hydrazine groups is 1. The molecule has 0 fully saturated rings. The zero-order valence-corrected chi connectivity index (χ0v) is 12.6. The number of nitrogens with zero attached hydrogens (tertiary/aromatic N) is 3. The maximum absolute atomic E-state index is 12.1. The smallest absolute Gasteiger partial charge is 0.282 e. The number of carbonyl (C=O) groups excluding carboxylic acids is 3. The Balaban J connectivity index is 1.59. The molecule has 10 nitrogen and oxygen atoms in total. The number of fused-ring (bicyclic) bond motifs is 1. The first-order valence-electron chi connectivity index (χ1n) is 7.08. The number of nitrogens with one attached hydrogen (secondary N) is 2. The van der Waals surface area contributed by atoms with Crippen LogP contribution in [-0.2, 0) is 4.79 Å². The van der Waals surface area contributed by atoms with Crippen molar-refractivity contribution in [2.24, 2.45) is 0 Å². The summed E-state index contributed by atoms with van der Waals surface area (Å²) in [4.78, 5) is 50.7. The second-order valence-corrected chi connectivity index (χ2v) is 5.07. The second kappa shape index (κ2) is 6.35. The molecule has 1 aromatic carbocycles. The van der Waals surface area contributed by atoms with Gasteiger partial charge in [0.05, 0.1) is 16.1 Å². The summed E-state index contributed by atoms with van der Waals surface area (Å²) in [5.41, 5.74) is 5.05. The van der Waals surface area contributed by atoms with Crippen LogP contribution in [-0.4, -0.2) is 39.1 Å². The van der Waals surface area contributed by atoms with Crippen LogP contribution in [0.4, 0.5) is 11.5 Å². The lowest BCUT2D eigenvalue weighted by Gasteiger charge is -2.14. The Morgan fingerprint density at radius 3 is 2.28 bits per heavy atom. The molecule has 3 rings (SSSR count). The van der Waals surface area contributed by atoms with Gasteiger partial charge in [-0.1, -0.05) is 12.1 Å².